The lowest BCUT2D eigenvalue weighted by molar-refractivity contribution is -0.137. The van der Waals surface area contributed by atoms with Gasteiger partial charge in [-0.2, -0.15) is 13.2 Å². The number of rotatable bonds is 5. The second-order valence-corrected chi connectivity index (χ2v) is 7.69. The molecule has 180 valence electrons. The summed E-state index contributed by atoms with van der Waals surface area (Å²) in [4.78, 5) is 22.7. The number of halogens is 3. The minimum Gasteiger partial charge on any atom is -0.492 e. The van der Waals surface area contributed by atoms with Gasteiger partial charge in [0.2, 0.25) is 5.95 Å². The number of ether oxygens (including phenoxy) is 2. The number of nitrogens with one attached hydrogen (secondary N) is 4. The van der Waals surface area contributed by atoms with Gasteiger partial charge in [0.05, 0.1) is 31.1 Å². The van der Waals surface area contributed by atoms with E-state index in [2.05, 4.69) is 35.6 Å². The standard InChI is InChI=1S/C22H23F3N6O3/c1-11-4-5-12(8-26-11)29-20-28-10-15(22(23,24)25)17(31-20)14-9-27-18-13(14)6-7-16(19(18)33-2)30-21(32)34-3/h4,6-7,9-10,12,26-27H,5,8H2,1-3H3,(H,30,32)(H,28,29,31)/t12-/m0/s1. The zero-order chi connectivity index (χ0) is 24.5. The van der Waals surface area contributed by atoms with Crippen LogP contribution in [0.5, 0.6) is 5.75 Å². The number of allylic oxidation sites excluding steroid dienone is 1. The highest BCUT2D eigenvalue weighted by Gasteiger charge is 2.36. The van der Waals surface area contributed by atoms with Crippen LogP contribution in [0.2, 0.25) is 0 Å². The van der Waals surface area contributed by atoms with Gasteiger partial charge < -0.3 is 25.1 Å². The number of carbonyl (C=O) groups is 1. The fraction of sp³-hybridized carbons (Fsp3) is 0.318. The van der Waals surface area contributed by atoms with Crippen molar-refractivity contribution < 1.29 is 27.4 Å². The molecule has 0 spiro atoms. The first-order valence-electron chi connectivity index (χ1n) is 10.4. The number of alkyl halides is 3. The number of carbonyl (C=O) groups excluding carboxylic acids is 1. The van der Waals surface area contributed by atoms with E-state index in [1.807, 2.05) is 13.0 Å². The lowest BCUT2D eigenvalue weighted by Crippen LogP contribution is -2.35. The molecule has 4 rings (SSSR count). The normalized spacial score (nSPS) is 15.9. The predicted molar refractivity (Wildman–Crippen MR) is 121 cm³/mol. The van der Waals surface area contributed by atoms with Gasteiger partial charge >= 0.3 is 12.3 Å². The van der Waals surface area contributed by atoms with Crippen LogP contribution < -0.4 is 20.7 Å². The van der Waals surface area contributed by atoms with Crippen molar-refractivity contribution in [2.24, 2.45) is 0 Å². The molecular formula is C22H23F3N6O3. The number of aromatic amines is 1. The highest BCUT2D eigenvalue weighted by Crippen LogP contribution is 2.42. The molecular weight excluding hydrogens is 453 g/mol. The van der Waals surface area contributed by atoms with E-state index in [0.29, 0.717) is 29.6 Å². The van der Waals surface area contributed by atoms with Crippen molar-refractivity contribution in [2.45, 2.75) is 25.6 Å². The second kappa shape index (κ2) is 9.12. The number of anilines is 2. The molecule has 0 saturated carbocycles. The molecule has 1 amide bonds. The van der Waals surface area contributed by atoms with Crippen LogP contribution in [-0.4, -0.2) is 47.9 Å². The SMILES string of the molecule is COC(=O)Nc1ccc2c(-c3nc(N[C@H]4CC=C(C)NC4)ncc3C(F)(F)F)c[nH]c2c1OC. The summed E-state index contributed by atoms with van der Waals surface area (Å²) >= 11 is 0. The fourth-order valence-electron chi connectivity index (χ4n) is 3.76. The van der Waals surface area contributed by atoms with Gasteiger partial charge in [-0.25, -0.2) is 14.8 Å². The average molecular weight is 476 g/mol. The molecule has 1 aliphatic heterocycles. The summed E-state index contributed by atoms with van der Waals surface area (Å²) in [7, 11) is 2.60. The molecule has 0 bridgehead atoms. The van der Waals surface area contributed by atoms with Crippen LogP contribution in [0.1, 0.15) is 18.9 Å². The number of benzene rings is 1. The Morgan fingerprint density at radius 3 is 2.71 bits per heavy atom. The molecule has 3 aromatic rings. The molecule has 0 unspecified atom stereocenters. The molecule has 1 atom stereocenters. The summed E-state index contributed by atoms with van der Waals surface area (Å²) in [6, 6.07) is 3.03. The van der Waals surface area contributed by atoms with Crippen molar-refractivity contribution in [2.75, 3.05) is 31.4 Å². The van der Waals surface area contributed by atoms with E-state index < -0.39 is 17.8 Å². The summed E-state index contributed by atoms with van der Waals surface area (Å²) in [5, 5.41) is 9.24. The van der Waals surface area contributed by atoms with E-state index >= 15 is 0 Å². The smallest absolute Gasteiger partial charge is 0.419 e. The average Bonchev–Trinajstić information content (AvgIpc) is 3.23. The van der Waals surface area contributed by atoms with E-state index in [1.54, 1.807) is 6.07 Å². The van der Waals surface area contributed by atoms with Crippen molar-refractivity contribution in [1.29, 1.82) is 0 Å². The third-order valence-corrected chi connectivity index (χ3v) is 5.45. The number of fused-ring (bicyclic) bond motifs is 1. The van der Waals surface area contributed by atoms with Crippen molar-refractivity contribution in [1.82, 2.24) is 20.3 Å². The summed E-state index contributed by atoms with van der Waals surface area (Å²) in [6.07, 6.45) is -0.481. The molecule has 1 aromatic carbocycles. The maximum atomic E-state index is 13.9. The number of aromatic nitrogens is 3. The fourth-order valence-corrected chi connectivity index (χ4v) is 3.76. The molecule has 4 N–H and O–H groups in total. The van der Waals surface area contributed by atoms with Gasteiger partial charge in [-0.05, 0) is 25.5 Å². The van der Waals surface area contributed by atoms with Crippen LogP contribution in [0, 0.1) is 0 Å². The van der Waals surface area contributed by atoms with Gasteiger partial charge in [-0.15, -0.1) is 0 Å². The highest BCUT2D eigenvalue weighted by molar-refractivity contribution is 6.03. The number of nitrogens with zero attached hydrogens (tertiary/aromatic N) is 2. The van der Waals surface area contributed by atoms with Crippen molar-refractivity contribution in [3.8, 4) is 17.0 Å². The Balaban J connectivity index is 1.78. The second-order valence-electron chi connectivity index (χ2n) is 7.69. The summed E-state index contributed by atoms with van der Waals surface area (Å²) < 4.78 is 51.6. The lowest BCUT2D eigenvalue weighted by atomic mass is 10.0. The van der Waals surface area contributed by atoms with Crippen molar-refractivity contribution in [3.63, 3.8) is 0 Å². The zero-order valence-electron chi connectivity index (χ0n) is 18.6. The molecule has 0 fully saturated rings. The molecule has 0 saturated heterocycles. The van der Waals surface area contributed by atoms with Crippen LogP contribution >= 0.6 is 0 Å². The Kier molecular flexibility index (Phi) is 6.22. The molecule has 0 aliphatic carbocycles. The topological polar surface area (TPSA) is 113 Å². The van der Waals surface area contributed by atoms with Crippen molar-refractivity contribution in [3.05, 3.63) is 41.9 Å². The first-order valence-corrected chi connectivity index (χ1v) is 10.4. The maximum absolute atomic E-state index is 13.9. The minimum absolute atomic E-state index is 0.0664. The monoisotopic (exact) mass is 476 g/mol. The molecule has 12 heteroatoms. The number of H-pyrrole nitrogens is 1. The predicted octanol–water partition coefficient (Wildman–Crippen LogP) is 4.51. The molecule has 3 heterocycles. The lowest BCUT2D eigenvalue weighted by Gasteiger charge is -2.23. The Morgan fingerprint density at radius 2 is 2.06 bits per heavy atom. The Morgan fingerprint density at radius 1 is 1.26 bits per heavy atom. The van der Waals surface area contributed by atoms with Gasteiger partial charge in [0.25, 0.3) is 0 Å². The molecule has 34 heavy (non-hydrogen) atoms. The van der Waals surface area contributed by atoms with Gasteiger partial charge in [0.1, 0.15) is 5.56 Å². The quantitative estimate of drug-likeness (QED) is 0.429. The van der Waals surface area contributed by atoms with Crippen LogP contribution in [0.25, 0.3) is 22.2 Å². The number of amides is 1. The van der Waals surface area contributed by atoms with E-state index in [-0.39, 0.29) is 29.0 Å². The van der Waals surface area contributed by atoms with E-state index in [0.717, 1.165) is 11.9 Å². The molecule has 2 aromatic heterocycles. The third-order valence-electron chi connectivity index (χ3n) is 5.45. The summed E-state index contributed by atoms with van der Waals surface area (Å²) in [5.41, 5.74) is 0.706. The van der Waals surface area contributed by atoms with Gasteiger partial charge in [-0.3, -0.25) is 5.32 Å². The van der Waals surface area contributed by atoms with Crippen molar-refractivity contribution >= 4 is 28.6 Å². The van der Waals surface area contributed by atoms with Gasteiger partial charge in [0, 0.05) is 41.6 Å². The first kappa shape index (κ1) is 23.2. The largest absolute Gasteiger partial charge is 0.492 e. The maximum Gasteiger partial charge on any atom is 0.419 e. The summed E-state index contributed by atoms with van der Waals surface area (Å²) in [5.74, 6) is 0.332. The highest BCUT2D eigenvalue weighted by atomic mass is 19.4. The van der Waals surface area contributed by atoms with Crippen LogP contribution in [0.3, 0.4) is 0 Å². The Bertz CT molecular complexity index is 1250. The Hall–Kier alpha value is -3.96. The summed E-state index contributed by atoms with van der Waals surface area (Å²) in [6.45, 7) is 2.54. The zero-order valence-corrected chi connectivity index (χ0v) is 18.6. The third kappa shape index (κ3) is 4.56. The van der Waals surface area contributed by atoms with E-state index in [1.165, 1.54) is 26.5 Å². The van der Waals surface area contributed by atoms with E-state index in [4.69, 9.17) is 4.74 Å². The first-order chi connectivity index (χ1) is 16.2. The molecule has 9 nitrogen and oxygen atoms in total. The van der Waals surface area contributed by atoms with E-state index in [9.17, 15) is 18.0 Å². The molecule has 0 radical (unpaired) electrons. The molecule has 1 aliphatic rings. The van der Waals surface area contributed by atoms with Crippen LogP contribution in [-0.2, 0) is 10.9 Å². The van der Waals surface area contributed by atoms with Gasteiger partial charge in [0.15, 0.2) is 5.75 Å². The Labute approximate surface area is 192 Å². The van der Waals surface area contributed by atoms with Gasteiger partial charge in [-0.1, -0.05) is 6.08 Å². The number of hydrogen-bond donors (Lipinski definition) is 4. The minimum atomic E-state index is -4.67. The van der Waals surface area contributed by atoms with Crippen LogP contribution in [0.15, 0.2) is 36.3 Å². The number of methoxy groups -OCH3 is 2. The van der Waals surface area contributed by atoms with Crippen LogP contribution in [0.4, 0.5) is 29.6 Å². The number of hydrogen-bond acceptors (Lipinski definition) is 7.